The number of nitro groups is 1. The van der Waals surface area contributed by atoms with Crippen LogP contribution in [-0.2, 0) is 32.6 Å². The third-order valence-corrected chi connectivity index (χ3v) is 9.77. The van der Waals surface area contributed by atoms with E-state index < -0.39 is 55.7 Å². The number of carbonyl (C=O) groups is 2. The number of unbranched alkanes of at least 4 members (excludes halogenated alkanes) is 1. The average molecular weight is 691 g/mol. The highest BCUT2D eigenvalue weighted by Gasteiger charge is 2.35. The number of nitro benzene ring substituents is 1. The molecular formula is C36H39FN4O7S. The third kappa shape index (κ3) is 9.20. The monoisotopic (exact) mass is 690 g/mol. The van der Waals surface area contributed by atoms with Gasteiger partial charge in [0, 0.05) is 36.7 Å². The van der Waals surface area contributed by atoms with Crippen LogP contribution in [0.3, 0.4) is 0 Å². The van der Waals surface area contributed by atoms with Gasteiger partial charge in [-0.05, 0) is 55.3 Å². The summed E-state index contributed by atoms with van der Waals surface area (Å²) < 4.78 is 49.7. The predicted molar refractivity (Wildman–Crippen MR) is 184 cm³/mol. The first-order valence-corrected chi connectivity index (χ1v) is 17.2. The molecule has 0 spiro atoms. The number of rotatable bonds is 16. The Kier molecular flexibility index (Phi) is 12.4. The van der Waals surface area contributed by atoms with E-state index in [-0.39, 0.29) is 29.8 Å². The summed E-state index contributed by atoms with van der Waals surface area (Å²) in [7, 11) is -3.17. The van der Waals surface area contributed by atoms with Gasteiger partial charge in [-0.15, -0.1) is 0 Å². The van der Waals surface area contributed by atoms with Crippen molar-refractivity contribution in [2.45, 2.75) is 50.6 Å². The number of hydrogen-bond acceptors (Lipinski definition) is 7. The zero-order valence-corrected chi connectivity index (χ0v) is 28.4. The second-order valence-electron chi connectivity index (χ2n) is 11.4. The number of amides is 2. The minimum Gasteiger partial charge on any atom is -0.497 e. The molecule has 4 rings (SSSR count). The largest absolute Gasteiger partial charge is 0.497 e. The Labute approximate surface area is 285 Å². The van der Waals surface area contributed by atoms with Gasteiger partial charge in [0.25, 0.3) is 15.7 Å². The fraction of sp³-hybridized carbons (Fsp3) is 0.278. The molecule has 4 aromatic rings. The normalized spacial score (nSPS) is 11.8. The molecule has 0 aliphatic heterocycles. The van der Waals surface area contributed by atoms with E-state index in [9.17, 15) is 28.1 Å². The molecule has 13 heteroatoms. The number of anilines is 1. The van der Waals surface area contributed by atoms with Gasteiger partial charge in [0.2, 0.25) is 11.8 Å². The minimum absolute atomic E-state index is 0.0650. The van der Waals surface area contributed by atoms with Gasteiger partial charge in [0.1, 0.15) is 24.2 Å². The molecule has 11 nitrogen and oxygen atoms in total. The van der Waals surface area contributed by atoms with Gasteiger partial charge in [-0.25, -0.2) is 12.8 Å². The van der Waals surface area contributed by atoms with Gasteiger partial charge in [-0.1, -0.05) is 67.9 Å². The van der Waals surface area contributed by atoms with Crippen LogP contribution in [0.15, 0.2) is 102 Å². The molecule has 0 aliphatic rings. The lowest BCUT2D eigenvalue weighted by atomic mass is 10.0. The molecule has 258 valence electrons. The Morgan fingerprint density at radius 1 is 0.980 bits per heavy atom. The number of benzene rings is 4. The van der Waals surface area contributed by atoms with E-state index in [0.717, 1.165) is 22.4 Å². The fourth-order valence-electron chi connectivity index (χ4n) is 5.22. The lowest BCUT2D eigenvalue weighted by molar-refractivity contribution is -0.385. The first-order chi connectivity index (χ1) is 23.5. The second kappa shape index (κ2) is 16.7. The number of aryl methyl sites for hydroxylation is 1. The van der Waals surface area contributed by atoms with Crippen LogP contribution in [0, 0.1) is 22.9 Å². The molecular weight excluding hydrogens is 651 g/mol. The van der Waals surface area contributed by atoms with Crippen LogP contribution in [0.25, 0.3) is 0 Å². The number of halogens is 1. The summed E-state index contributed by atoms with van der Waals surface area (Å²) in [5.74, 6) is -1.45. The van der Waals surface area contributed by atoms with Crippen LogP contribution in [0.1, 0.15) is 36.5 Å². The molecule has 0 heterocycles. The standard InChI is InChI=1S/C36H39FN4O7S/c1-4-5-21-38-36(43)34(22-27-11-7-6-8-12-27)39(24-28-13-9-10-14-32(28)37)35(42)25-40(29-16-18-30(48-3)19-17-29)49(46,47)31-20-15-26(2)33(23-31)41(44)45/h6-20,23,34H,4-5,21-22,24-25H2,1-3H3,(H,38,43)/t34-/m0/s1. The molecule has 0 aliphatic carbocycles. The quantitative estimate of drug-likeness (QED) is 0.0891. The summed E-state index contributed by atoms with van der Waals surface area (Å²) in [5.41, 5.74) is 0.773. The summed E-state index contributed by atoms with van der Waals surface area (Å²) in [6, 6.07) is 23.1. The lowest BCUT2D eigenvalue weighted by Gasteiger charge is -2.34. The molecule has 0 unspecified atom stereocenters. The highest BCUT2D eigenvalue weighted by atomic mass is 32.2. The number of nitrogens with one attached hydrogen (secondary N) is 1. The van der Waals surface area contributed by atoms with Gasteiger partial charge in [-0.3, -0.25) is 24.0 Å². The zero-order chi connectivity index (χ0) is 35.6. The van der Waals surface area contributed by atoms with Crippen molar-refractivity contribution in [2.24, 2.45) is 0 Å². The van der Waals surface area contributed by atoms with Crippen molar-refractivity contribution in [1.82, 2.24) is 10.2 Å². The van der Waals surface area contributed by atoms with Crippen LogP contribution in [0.4, 0.5) is 15.8 Å². The van der Waals surface area contributed by atoms with Crippen LogP contribution in [0.5, 0.6) is 5.75 Å². The second-order valence-corrected chi connectivity index (χ2v) is 13.2. The predicted octanol–water partition coefficient (Wildman–Crippen LogP) is 5.80. The average Bonchev–Trinajstić information content (AvgIpc) is 3.09. The van der Waals surface area contributed by atoms with Crippen molar-refractivity contribution in [2.75, 3.05) is 24.5 Å². The summed E-state index contributed by atoms with van der Waals surface area (Å²) >= 11 is 0. The first-order valence-electron chi connectivity index (χ1n) is 15.7. The van der Waals surface area contributed by atoms with Gasteiger partial charge < -0.3 is 15.0 Å². The van der Waals surface area contributed by atoms with Gasteiger partial charge >= 0.3 is 0 Å². The zero-order valence-electron chi connectivity index (χ0n) is 27.5. The molecule has 0 saturated heterocycles. The van der Waals surface area contributed by atoms with Crippen LogP contribution < -0.4 is 14.4 Å². The Morgan fingerprint density at radius 3 is 2.29 bits per heavy atom. The summed E-state index contributed by atoms with van der Waals surface area (Å²) in [4.78, 5) is 40.2. The van der Waals surface area contributed by atoms with Gasteiger partial charge in [0.15, 0.2) is 0 Å². The van der Waals surface area contributed by atoms with E-state index in [1.54, 1.807) is 30.3 Å². The molecule has 49 heavy (non-hydrogen) atoms. The molecule has 0 saturated carbocycles. The number of sulfonamides is 1. The molecule has 1 atom stereocenters. The molecule has 0 fully saturated rings. The highest BCUT2D eigenvalue weighted by Crippen LogP contribution is 2.30. The van der Waals surface area contributed by atoms with Crippen LogP contribution in [0.2, 0.25) is 0 Å². The van der Waals surface area contributed by atoms with Crippen molar-refractivity contribution in [3.8, 4) is 5.75 Å². The molecule has 4 aromatic carbocycles. The van der Waals surface area contributed by atoms with Gasteiger partial charge in [-0.2, -0.15) is 0 Å². The van der Waals surface area contributed by atoms with E-state index >= 15 is 4.39 Å². The minimum atomic E-state index is -4.61. The van der Waals surface area contributed by atoms with E-state index in [4.69, 9.17) is 4.74 Å². The SMILES string of the molecule is CCCCNC(=O)[C@H](Cc1ccccc1)N(Cc1ccccc1F)C(=O)CN(c1ccc(OC)cc1)S(=O)(=O)c1ccc(C)c([N+](=O)[O-])c1. The van der Waals surface area contributed by atoms with E-state index in [1.807, 2.05) is 13.0 Å². The van der Waals surface area contributed by atoms with Crippen molar-refractivity contribution in [3.63, 3.8) is 0 Å². The van der Waals surface area contributed by atoms with Gasteiger partial charge in [0.05, 0.1) is 22.6 Å². The lowest BCUT2D eigenvalue weighted by Crippen LogP contribution is -2.53. The molecule has 0 radical (unpaired) electrons. The topological polar surface area (TPSA) is 139 Å². The molecule has 0 bridgehead atoms. The molecule has 0 aromatic heterocycles. The maximum Gasteiger partial charge on any atom is 0.273 e. The van der Waals surface area contributed by atoms with E-state index in [1.165, 1.54) is 73.5 Å². The van der Waals surface area contributed by atoms with Crippen molar-refractivity contribution >= 4 is 33.2 Å². The number of hydrogen-bond donors (Lipinski definition) is 1. The summed E-state index contributed by atoms with van der Waals surface area (Å²) in [5, 5.41) is 14.6. The first kappa shape index (κ1) is 36.5. The maximum atomic E-state index is 15.1. The number of methoxy groups -OCH3 is 1. The Hall–Kier alpha value is -5.30. The Balaban J connectivity index is 1.84. The molecule has 2 amide bonds. The van der Waals surface area contributed by atoms with Crippen LogP contribution >= 0.6 is 0 Å². The number of ether oxygens (including phenoxy) is 1. The van der Waals surface area contributed by atoms with Crippen molar-refractivity contribution in [1.29, 1.82) is 0 Å². The van der Waals surface area contributed by atoms with Crippen molar-refractivity contribution in [3.05, 3.63) is 130 Å². The highest BCUT2D eigenvalue weighted by molar-refractivity contribution is 7.92. The smallest absolute Gasteiger partial charge is 0.273 e. The Bertz CT molecular complexity index is 1870. The molecule has 1 N–H and O–H groups in total. The fourth-order valence-corrected chi connectivity index (χ4v) is 6.66. The summed E-state index contributed by atoms with van der Waals surface area (Å²) in [6.07, 6.45) is 1.57. The Morgan fingerprint density at radius 2 is 1.65 bits per heavy atom. The van der Waals surface area contributed by atoms with Crippen molar-refractivity contribution < 1.29 is 32.1 Å². The summed E-state index contributed by atoms with van der Waals surface area (Å²) in [6.45, 7) is 2.66. The van der Waals surface area contributed by atoms with E-state index in [2.05, 4.69) is 5.32 Å². The van der Waals surface area contributed by atoms with Crippen LogP contribution in [-0.4, -0.2) is 56.3 Å². The number of carbonyl (C=O) groups excluding carboxylic acids is 2. The third-order valence-electron chi connectivity index (χ3n) is 8.00. The van der Waals surface area contributed by atoms with E-state index in [0.29, 0.717) is 18.7 Å². The maximum absolute atomic E-state index is 15.1. The number of nitrogens with zero attached hydrogens (tertiary/aromatic N) is 3.